The van der Waals surface area contributed by atoms with Gasteiger partial charge in [-0.25, -0.2) is 0 Å². The van der Waals surface area contributed by atoms with E-state index in [0.29, 0.717) is 0 Å². The molecule has 0 aliphatic heterocycles. The third kappa shape index (κ3) is 7.86. The Bertz CT molecular complexity index is 176. The van der Waals surface area contributed by atoms with Crippen molar-refractivity contribution in [1.82, 2.24) is 0 Å². The minimum atomic E-state index is 0.245. The summed E-state index contributed by atoms with van der Waals surface area (Å²) in [5, 5.41) is 8.90. The van der Waals surface area contributed by atoms with Crippen LogP contribution in [0.3, 0.4) is 0 Å². The molecule has 0 aromatic rings. The summed E-state index contributed by atoms with van der Waals surface area (Å²) in [6.07, 6.45) is 12.5. The highest BCUT2D eigenvalue weighted by molar-refractivity contribution is 4.91. The van der Waals surface area contributed by atoms with Crippen LogP contribution in [0.5, 0.6) is 0 Å². The highest BCUT2D eigenvalue weighted by Gasteiger charge is 2.03. The van der Waals surface area contributed by atoms with Gasteiger partial charge in [0, 0.05) is 5.92 Å². The van der Waals surface area contributed by atoms with Gasteiger partial charge in [0.15, 0.2) is 0 Å². The average Bonchev–Trinajstić information content (AvgIpc) is 2.22. The second kappa shape index (κ2) is 10.3. The minimum Gasteiger partial charge on any atom is -0.198 e. The maximum Gasteiger partial charge on any atom is 0.0659 e. The Hall–Kier alpha value is -0.770. The van der Waals surface area contributed by atoms with Crippen LogP contribution in [0.25, 0.3) is 0 Å². The Labute approximate surface area is 88.8 Å². The Morgan fingerprint density at radius 1 is 1.14 bits per heavy atom. The van der Waals surface area contributed by atoms with Gasteiger partial charge in [0.1, 0.15) is 0 Å². The summed E-state index contributed by atoms with van der Waals surface area (Å²) < 4.78 is 0. The summed E-state index contributed by atoms with van der Waals surface area (Å²) in [6.45, 7) is 4.34. The molecule has 0 aliphatic rings. The molecule has 0 fully saturated rings. The van der Waals surface area contributed by atoms with Crippen LogP contribution in [0.4, 0.5) is 0 Å². The first kappa shape index (κ1) is 13.2. The lowest BCUT2D eigenvalue weighted by Gasteiger charge is -2.04. The maximum atomic E-state index is 8.90. The monoisotopic (exact) mass is 193 g/mol. The van der Waals surface area contributed by atoms with Gasteiger partial charge in [0.2, 0.25) is 0 Å². The number of nitrogens with zero attached hydrogens (tertiary/aromatic N) is 1. The minimum absolute atomic E-state index is 0.245. The van der Waals surface area contributed by atoms with Crippen LogP contribution in [-0.2, 0) is 0 Å². The molecule has 1 heteroatoms. The van der Waals surface area contributed by atoms with Crippen LogP contribution < -0.4 is 0 Å². The molecular formula is C13H23N. The van der Waals surface area contributed by atoms with E-state index in [0.717, 1.165) is 19.3 Å². The van der Waals surface area contributed by atoms with E-state index in [-0.39, 0.29) is 5.92 Å². The number of hydrogen-bond acceptors (Lipinski definition) is 1. The van der Waals surface area contributed by atoms with Gasteiger partial charge < -0.3 is 0 Å². The zero-order valence-electron chi connectivity index (χ0n) is 9.63. The quantitative estimate of drug-likeness (QED) is 0.412. The smallest absolute Gasteiger partial charge is 0.0659 e. The molecule has 0 saturated heterocycles. The number of allylic oxidation sites excluding steroid dienone is 2. The fourth-order valence-corrected chi connectivity index (χ4v) is 1.48. The predicted molar refractivity (Wildman–Crippen MR) is 61.9 cm³/mol. The van der Waals surface area contributed by atoms with Crippen molar-refractivity contribution < 1.29 is 0 Å². The van der Waals surface area contributed by atoms with E-state index in [9.17, 15) is 0 Å². The van der Waals surface area contributed by atoms with Crippen molar-refractivity contribution in [3.8, 4) is 6.07 Å². The Balaban J connectivity index is 3.49. The summed E-state index contributed by atoms with van der Waals surface area (Å²) in [7, 11) is 0. The SMILES string of the molecule is CCC=CCC(C#N)CCCCCC. The Morgan fingerprint density at radius 3 is 2.50 bits per heavy atom. The van der Waals surface area contributed by atoms with Crippen LogP contribution in [0.1, 0.15) is 58.8 Å². The summed E-state index contributed by atoms with van der Waals surface area (Å²) in [6, 6.07) is 2.39. The van der Waals surface area contributed by atoms with E-state index in [1.807, 2.05) is 0 Å². The maximum absolute atomic E-state index is 8.90. The first-order valence-corrected chi connectivity index (χ1v) is 5.89. The van der Waals surface area contributed by atoms with Gasteiger partial charge in [0.05, 0.1) is 6.07 Å². The standard InChI is InChI=1S/C13H23N/c1-3-5-7-9-11-13(12-14)10-8-6-4-2/h6,8,13H,3-5,7,9-11H2,1-2H3. The molecule has 0 aromatic heterocycles. The van der Waals surface area contributed by atoms with Crippen molar-refractivity contribution in [3.63, 3.8) is 0 Å². The molecular weight excluding hydrogens is 170 g/mol. The first-order valence-electron chi connectivity index (χ1n) is 5.89. The van der Waals surface area contributed by atoms with Gasteiger partial charge in [-0.05, 0) is 19.3 Å². The zero-order chi connectivity index (χ0) is 10.6. The van der Waals surface area contributed by atoms with Gasteiger partial charge in [-0.15, -0.1) is 0 Å². The van der Waals surface area contributed by atoms with Crippen molar-refractivity contribution in [2.45, 2.75) is 58.8 Å². The van der Waals surface area contributed by atoms with Gasteiger partial charge >= 0.3 is 0 Å². The zero-order valence-corrected chi connectivity index (χ0v) is 9.63. The highest BCUT2D eigenvalue weighted by Crippen LogP contribution is 2.14. The molecule has 1 nitrogen and oxygen atoms in total. The molecule has 1 unspecified atom stereocenters. The van der Waals surface area contributed by atoms with E-state index in [2.05, 4.69) is 32.1 Å². The number of unbranched alkanes of at least 4 members (excludes halogenated alkanes) is 3. The second-order valence-corrected chi connectivity index (χ2v) is 3.79. The summed E-state index contributed by atoms with van der Waals surface area (Å²) in [4.78, 5) is 0. The van der Waals surface area contributed by atoms with Crippen molar-refractivity contribution in [3.05, 3.63) is 12.2 Å². The number of rotatable bonds is 8. The predicted octanol–water partition coefficient (Wildman–Crippen LogP) is 4.45. The van der Waals surface area contributed by atoms with E-state index < -0.39 is 0 Å². The first-order chi connectivity index (χ1) is 6.85. The average molecular weight is 193 g/mol. The molecule has 0 spiro atoms. The molecule has 0 aromatic carbocycles. The molecule has 0 bridgehead atoms. The fraction of sp³-hybridized carbons (Fsp3) is 0.769. The topological polar surface area (TPSA) is 23.8 Å². The Morgan fingerprint density at radius 2 is 1.93 bits per heavy atom. The summed E-state index contributed by atoms with van der Waals surface area (Å²) >= 11 is 0. The third-order valence-electron chi connectivity index (χ3n) is 2.41. The van der Waals surface area contributed by atoms with E-state index in [1.165, 1.54) is 25.7 Å². The highest BCUT2D eigenvalue weighted by atomic mass is 14.3. The van der Waals surface area contributed by atoms with Crippen LogP contribution in [0.15, 0.2) is 12.2 Å². The van der Waals surface area contributed by atoms with Gasteiger partial charge in [0.25, 0.3) is 0 Å². The van der Waals surface area contributed by atoms with E-state index in [4.69, 9.17) is 5.26 Å². The van der Waals surface area contributed by atoms with Crippen molar-refractivity contribution in [1.29, 1.82) is 5.26 Å². The third-order valence-corrected chi connectivity index (χ3v) is 2.41. The molecule has 80 valence electrons. The van der Waals surface area contributed by atoms with Crippen LogP contribution in [-0.4, -0.2) is 0 Å². The number of hydrogen-bond donors (Lipinski definition) is 0. The van der Waals surface area contributed by atoms with Gasteiger partial charge in [-0.3, -0.25) is 0 Å². The lowest BCUT2D eigenvalue weighted by atomic mass is 9.98. The Kier molecular flexibility index (Phi) is 9.74. The second-order valence-electron chi connectivity index (χ2n) is 3.79. The molecule has 0 saturated carbocycles. The van der Waals surface area contributed by atoms with Gasteiger partial charge in [-0.2, -0.15) is 5.26 Å². The van der Waals surface area contributed by atoms with E-state index >= 15 is 0 Å². The van der Waals surface area contributed by atoms with Crippen molar-refractivity contribution in [2.24, 2.45) is 5.92 Å². The van der Waals surface area contributed by atoms with Crippen LogP contribution in [0, 0.1) is 17.2 Å². The molecule has 1 atom stereocenters. The van der Waals surface area contributed by atoms with Crippen LogP contribution >= 0.6 is 0 Å². The molecule has 0 rings (SSSR count). The van der Waals surface area contributed by atoms with E-state index in [1.54, 1.807) is 0 Å². The largest absolute Gasteiger partial charge is 0.198 e. The number of nitriles is 1. The molecule has 0 heterocycles. The molecule has 0 radical (unpaired) electrons. The van der Waals surface area contributed by atoms with Crippen molar-refractivity contribution >= 4 is 0 Å². The summed E-state index contributed by atoms with van der Waals surface area (Å²) in [5.74, 6) is 0.245. The molecule has 0 aliphatic carbocycles. The van der Waals surface area contributed by atoms with Crippen molar-refractivity contribution in [2.75, 3.05) is 0 Å². The fourth-order valence-electron chi connectivity index (χ4n) is 1.48. The summed E-state index contributed by atoms with van der Waals surface area (Å²) in [5.41, 5.74) is 0. The van der Waals surface area contributed by atoms with Gasteiger partial charge in [-0.1, -0.05) is 51.7 Å². The lowest BCUT2D eigenvalue weighted by Crippen LogP contribution is -1.95. The lowest BCUT2D eigenvalue weighted by molar-refractivity contribution is 0.542. The normalized spacial score (nSPS) is 12.9. The molecule has 14 heavy (non-hydrogen) atoms. The molecule has 0 amide bonds. The van der Waals surface area contributed by atoms with Crippen LogP contribution in [0.2, 0.25) is 0 Å². The molecule has 0 N–H and O–H groups in total.